The van der Waals surface area contributed by atoms with Crippen molar-refractivity contribution in [3.63, 3.8) is 0 Å². The number of hydrogen-bond donors (Lipinski definition) is 1. The van der Waals surface area contributed by atoms with E-state index in [0.29, 0.717) is 29.5 Å². The Bertz CT molecular complexity index is 1030. The van der Waals surface area contributed by atoms with Gasteiger partial charge in [-0.2, -0.15) is 4.31 Å². The van der Waals surface area contributed by atoms with Crippen LogP contribution >= 0.6 is 23.2 Å². The van der Waals surface area contributed by atoms with Crippen molar-refractivity contribution in [3.8, 4) is 5.75 Å². The Balaban J connectivity index is 1.86. The van der Waals surface area contributed by atoms with Gasteiger partial charge in [-0.05, 0) is 55.2 Å². The van der Waals surface area contributed by atoms with Gasteiger partial charge in [-0.25, -0.2) is 8.42 Å². The maximum absolute atomic E-state index is 13.1. The van der Waals surface area contributed by atoms with Gasteiger partial charge < -0.3 is 10.1 Å². The molecule has 1 saturated heterocycles. The second kappa shape index (κ2) is 8.92. The SMILES string of the molecule is COc1ccc(NC(=O)c2ccc(Cl)c(S(=O)(=O)N3CCCC(C)C3)c2)cc1Cl. The first kappa shape index (κ1) is 21.9. The molecule has 1 fully saturated rings. The molecule has 0 bridgehead atoms. The molecule has 2 aromatic rings. The molecule has 0 aliphatic carbocycles. The number of carbonyl (C=O) groups is 1. The van der Waals surface area contributed by atoms with Crippen molar-refractivity contribution in [2.75, 3.05) is 25.5 Å². The lowest BCUT2D eigenvalue weighted by atomic mass is 10.0. The number of ether oxygens (including phenoxy) is 1. The smallest absolute Gasteiger partial charge is 0.255 e. The Hall–Kier alpha value is -1.80. The number of hydrogen-bond acceptors (Lipinski definition) is 4. The maximum atomic E-state index is 13.1. The Morgan fingerprint density at radius 2 is 1.93 bits per heavy atom. The van der Waals surface area contributed by atoms with Crippen LogP contribution in [0.2, 0.25) is 10.0 Å². The van der Waals surface area contributed by atoms with Crippen LogP contribution in [0.5, 0.6) is 5.75 Å². The molecule has 1 atom stereocenters. The summed E-state index contributed by atoms with van der Waals surface area (Å²) < 4.78 is 32.7. The fourth-order valence-corrected chi connectivity index (χ4v) is 5.65. The van der Waals surface area contributed by atoms with Crippen LogP contribution in [-0.4, -0.2) is 38.8 Å². The first-order chi connectivity index (χ1) is 13.7. The number of rotatable bonds is 5. The van der Waals surface area contributed by atoms with Crippen LogP contribution in [0.3, 0.4) is 0 Å². The molecule has 3 rings (SSSR count). The molecule has 1 heterocycles. The molecule has 0 spiro atoms. The van der Waals surface area contributed by atoms with Crippen molar-refractivity contribution in [3.05, 3.63) is 52.0 Å². The average Bonchev–Trinajstić information content (AvgIpc) is 2.68. The van der Waals surface area contributed by atoms with Crippen LogP contribution in [0, 0.1) is 5.92 Å². The van der Waals surface area contributed by atoms with Gasteiger partial charge >= 0.3 is 0 Å². The van der Waals surface area contributed by atoms with E-state index in [-0.39, 0.29) is 21.4 Å². The van der Waals surface area contributed by atoms with Gasteiger partial charge in [-0.15, -0.1) is 0 Å². The number of nitrogens with one attached hydrogen (secondary N) is 1. The predicted octanol–water partition coefficient (Wildman–Crippen LogP) is 4.67. The van der Waals surface area contributed by atoms with E-state index in [1.54, 1.807) is 18.2 Å². The molecule has 156 valence electrons. The van der Waals surface area contributed by atoms with Gasteiger partial charge in [0.05, 0.1) is 17.2 Å². The largest absolute Gasteiger partial charge is 0.495 e. The van der Waals surface area contributed by atoms with Crippen molar-refractivity contribution < 1.29 is 17.9 Å². The fourth-order valence-electron chi connectivity index (χ4n) is 3.29. The van der Waals surface area contributed by atoms with Crippen LogP contribution in [0.25, 0.3) is 0 Å². The Labute approximate surface area is 180 Å². The van der Waals surface area contributed by atoms with Gasteiger partial charge in [-0.1, -0.05) is 30.1 Å². The van der Waals surface area contributed by atoms with Crippen LogP contribution in [0.4, 0.5) is 5.69 Å². The molecule has 1 aliphatic rings. The zero-order valence-electron chi connectivity index (χ0n) is 16.1. The van der Waals surface area contributed by atoms with E-state index in [2.05, 4.69) is 5.32 Å². The number of piperidine rings is 1. The van der Waals surface area contributed by atoms with Crippen molar-refractivity contribution >= 4 is 44.8 Å². The Morgan fingerprint density at radius 1 is 1.17 bits per heavy atom. The summed E-state index contributed by atoms with van der Waals surface area (Å²) in [6, 6.07) is 9.06. The van der Waals surface area contributed by atoms with Crippen LogP contribution in [0.15, 0.2) is 41.3 Å². The lowest BCUT2D eigenvalue weighted by Gasteiger charge is -2.30. The van der Waals surface area contributed by atoms with Crippen molar-refractivity contribution in [1.82, 2.24) is 4.31 Å². The highest BCUT2D eigenvalue weighted by molar-refractivity contribution is 7.89. The Morgan fingerprint density at radius 3 is 2.59 bits per heavy atom. The average molecular weight is 457 g/mol. The van der Waals surface area contributed by atoms with Crippen LogP contribution in [0.1, 0.15) is 30.1 Å². The number of nitrogens with zero attached hydrogens (tertiary/aromatic N) is 1. The summed E-state index contributed by atoms with van der Waals surface area (Å²) in [5.41, 5.74) is 0.648. The highest BCUT2D eigenvalue weighted by Gasteiger charge is 2.31. The van der Waals surface area contributed by atoms with Crippen molar-refractivity contribution in [2.45, 2.75) is 24.7 Å². The Kier molecular flexibility index (Phi) is 6.73. The third kappa shape index (κ3) is 4.86. The van der Waals surface area contributed by atoms with E-state index < -0.39 is 15.9 Å². The van der Waals surface area contributed by atoms with Crippen molar-refractivity contribution in [1.29, 1.82) is 0 Å². The van der Waals surface area contributed by atoms with E-state index in [1.165, 1.54) is 29.6 Å². The minimum atomic E-state index is -3.79. The number of benzene rings is 2. The molecule has 29 heavy (non-hydrogen) atoms. The van der Waals surface area contributed by atoms with Gasteiger partial charge in [0.1, 0.15) is 10.6 Å². The minimum absolute atomic E-state index is 0.0614. The molecule has 0 radical (unpaired) electrons. The molecule has 1 unspecified atom stereocenters. The van der Waals surface area contributed by atoms with E-state index in [4.69, 9.17) is 27.9 Å². The second-order valence-electron chi connectivity index (χ2n) is 7.06. The summed E-state index contributed by atoms with van der Waals surface area (Å²) in [5.74, 6) is 0.301. The topological polar surface area (TPSA) is 75.7 Å². The third-order valence-corrected chi connectivity index (χ3v) is 7.48. The number of halogens is 2. The number of amides is 1. The molecule has 1 N–H and O–H groups in total. The first-order valence-electron chi connectivity index (χ1n) is 9.17. The van der Waals surface area contributed by atoms with Crippen molar-refractivity contribution in [2.24, 2.45) is 5.92 Å². The summed E-state index contributed by atoms with van der Waals surface area (Å²) in [4.78, 5) is 12.6. The standard InChI is InChI=1S/C20H22Cl2N2O4S/c1-13-4-3-9-24(12-13)29(26,27)19-10-14(5-7-16(19)21)20(25)23-15-6-8-18(28-2)17(22)11-15/h5-8,10-11,13H,3-4,9,12H2,1-2H3,(H,23,25). The quantitative estimate of drug-likeness (QED) is 0.708. The van der Waals surface area contributed by atoms with Gasteiger partial charge in [-0.3, -0.25) is 4.79 Å². The zero-order valence-corrected chi connectivity index (χ0v) is 18.4. The lowest BCUT2D eigenvalue weighted by molar-refractivity contribution is 0.102. The normalized spacial score (nSPS) is 17.7. The monoisotopic (exact) mass is 456 g/mol. The summed E-state index contributed by atoms with van der Waals surface area (Å²) in [6.45, 7) is 2.91. The zero-order chi connectivity index (χ0) is 21.2. The summed E-state index contributed by atoms with van der Waals surface area (Å²) in [5, 5.41) is 3.15. The van der Waals surface area contributed by atoms with E-state index >= 15 is 0 Å². The minimum Gasteiger partial charge on any atom is -0.495 e. The van der Waals surface area contributed by atoms with Gasteiger partial charge in [0.2, 0.25) is 10.0 Å². The number of sulfonamides is 1. The molecule has 0 aromatic heterocycles. The number of methoxy groups -OCH3 is 1. The molecule has 9 heteroatoms. The van der Waals surface area contributed by atoms with Crippen LogP contribution in [-0.2, 0) is 10.0 Å². The molecular formula is C20H22Cl2N2O4S. The summed E-state index contributed by atoms with van der Waals surface area (Å²) in [6.07, 6.45) is 1.79. The molecule has 2 aromatic carbocycles. The van der Waals surface area contributed by atoms with Gasteiger partial charge in [0, 0.05) is 24.3 Å². The third-order valence-electron chi connectivity index (χ3n) is 4.84. The second-order valence-corrected chi connectivity index (χ2v) is 9.78. The van der Waals surface area contributed by atoms with E-state index in [9.17, 15) is 13.2 Å². The maximum Gasteiger partial charge on any atom is 0.255 e. The fraction of sp³-hybridized carbons (Fsp3) is 0.350. The molecular weight excluding hydrogens is 435 g/mol. The van der Waals surface area contributed by atoms with Crippen LogP contribution < -0.4 is 10.1 Å². The van der Waals surface area contributed by atoms with Gasteiger partial charge in [0.25, 0.3) is 5.91 Å². The van der Waals surface area contributed by atoms with Gasteiger partial charge in [0.15, 0.2) is 0 Å². The summed E-state index contributed by atoms with van der Waals surface area (Å²) >= 11 is 12.3. The molecule has 0 saturated carbocycles. The molecule has 1 aliphatic heterocycles. The first-order valence-corrected chi connectivity index (χ1v) is 11.4. The number of anilines is 1. The predicted molar refractivity (Wildman–Crippen MR) is 115 cm³/mol. The molecule has 6 nitrogen and oxygen atoms in total. The highest BCUT2D eigenvalue weighted by atomic mass is 35.5. The van der Waals surface area contributed by atoms with E-state index in [0.717, 1.165) is 12.8 Å². The highest BCUT2D eigenvalue weighted by Crippen LogP contribution is 2.30. The molecule has 1 amide bonds. The number of carbonyl (C=O) groups excluding carboxylic acids is 1. The summed E-state index contributed by atoms with van der Waals surface area (Å²) in [7, 11) is -2.29. The van der Waals surface area contributed by atoms with E-state index in [1.807, 2.05) is 6.92 Å². The lowest BCUT2D eigenvalue weighted by Crippen LogP contribution is -2.39.